The van der Waals surface area contributed by atoms with Crippen LogP contribution in [0.1, 0.15) is 21.5 Å². The minimum absolute atomic E-state index is 0.151. The van der Waals surface area contributed by atoms with Gasteiger partial charge in [0.05, 0.1) is 12.8 Å². The number of esters is 1. The van der Waals surface area contributed by atoms with Gasteiger partial charge in [-0.2, -0.15) is 0 Å². The van der Waals surface area contributed by atoms with Crippen LogP contribution in [0.2, 0.25) is 0 Å². The van der Waals surface area contributed by atoms with Gasteiger partial charge in [0.15, 0.2) is 5.78 Å². The molecule has 0 spiro atoms. The first-order valence-electron chi connectivity index (χ1n) is 6.37. The number of nitrogen functional groups attached to an aromatic ring is 1. The molecule has 0 saturated carbocycles. The Bertz CT molecular complexity index is 690. The third-order valence-corrected chi connectivity index (χ3v) is 3.02. The molecule has 0 aliphatic carbocycles. The Balaban J connectivity index is 2.36. The fourth-order valence-corrected chi connectivity index (χ4v) is 1.90. The van der Waals surface area contributed by atoms with Gasteiger partial charge < -0.3 is 10.5 Å². The second kappa shape index (κ2) is 6.52. The normalized spacial score (nSPS) is 10.5. The Labute approximate surface area is 122 Å². The summed E-state index contributed by atoms with van der Waals surface area (Å²) in [4.78, 5) is 23.5. The van der Waals surface area contributed by atoms with E-state index < -0.39 is 5.97 Å². The third-order valence-electron chi connectivity index (χ3n) is 3.02. The summed E-state index contributed by atoms with van der Waals surface area (Å²) < 4.78 is 4.53. The van der Waals surface area contributed by atoms with E-state index in [1.165, 1.54) is 19.3 Å². The van der Waals surface area contributed by atoms with Crippen LogP contribution >= 0.6 is 0 Å². The maximum Gasteiger partial charge on any atom is 0.330 e. The predicted octanol–water partition coefficient (Wildman–Crippen LogP) is 2.69. The molecule has 2 rings (SSSR count). The number of anilines is 1. The molecule has 0 amide bonds. The van der Waals surface area contributed by atoms with E-state index in [0.717, 1.165) is 0 Å². The van der Waals surface area contributed by atoms with E-state index >= 15 is 0 Å². The number of hydrogen-bond donors (Lipinski definition) is 1. The van der Waals surface area contributed by atoms with E-state index in [1.54, 1.807) is 42.5 Å². The van der Waals surface area contributed by atoms with Crippen LogP contribution in [0.3, 0.4) is 0 Å². The summed E-state index contributed by atoms with van der Waals surface area (Å²) in [5.41, 5.74) is 7.94. The number of carbonyl (C=O) groups is 2. The van der Waals surface area contributed by atoms with Gasteiger partial charge in [-0.3, -0.25) is 4.79 Å². The van der Waals surface area contributed by atoms with Crippen molar-refractivity contribution in [1.82, 2.24) is 0 Å². The quantitative estimate of drug-likeness (QED) is 0.405. The Kier molecular flexibility index (Phi) is 4.51. The second-order valence-electron chi connectivity index (χ2n) is 4.36. The van der Waals surface area contributed by atoms with Crippen molar-refractivity contribution < 1.29 is 14.3 Å². The minimum atomic E-state index is -0.478. The van der Waals surface area contributed by atoms with E-state index in [-0.39, 0.29) is 5.78 Å². The maximum atomic E-state index is 12.4. The number of ketones is 1. The lowest BCUT2D eigenvalue weighted by molar-refractivity contribution is -0.134. The van der Waals surface area contributed by atoms with Gasteiger partial charge in [0.25, 0.3) is 0 Å². The summed E-state index contributed by atoms with van der Waals surface area (Å²) in [6.45, 7) is 0. The molecule has 2 N–H and O–H groups in total. The zero-order chi connectivity index (χ0) is 15.2. The number of para-hydroxylation sites is 1. The topological polar surface area (TPSA) is 69.4 Å². The van der Waals surface area contributed by atoms with Gasteiger partial charge in [0.1, 0.15) is 0 Å². The van der Waals surface area contributed by atoms with E-state index in [0.29, 0.717) is 22.4 Å². The van der Waals surface area contributed by atoms with Gasteiger partial charge in [-0.15, -0.1) is 0 Å². The largest absolute Gasteiger partial charge is 0.466 e. The lowest BCUT2D eigenvalue weighted by Gasteiger charge is -2.07. The summed E-state index contributed by atoms with van der Waals surface area (Å²) in [6, 6.07) is 14.0. The Morgan fingerprint density at radius 2 is 1.76 bits per heavy atom. The minimum Gasteiger partial charge on any atom is -0.466 e. The molecule has 2 aromatic carbocycles. The molecule has 4 heteroatoms. The SMILES string of the molecule is COC(=O)/C=C/c1cccc(C(=O)c2ccccc2)c1N. The van der Waals surface area contributed by atoms with E-state index in [2.05, 4.69) is 4.74 Å². The molecule has 2 aromatic rings. The summed E-state index contributed by atoms with van der Waals surface area (Å²) >= 11 is 0. The summed E-state index contributed by atoms with van der Waals surface area (Å²) in [5.74, 6) is -0.629. The highest BCUT2D eigenvalue weighted by Crippen LogP contribution is 2.22. The fraction of sp³-hybridized carbons (Fsp3) is 0.0588. The highest BCUT2D eigenvalue weighted by Gasteiger charge is 2.13. The van der Waals surface area contributed by atoms with Crippen LogP contribution in [0, 0.1) is 0 Å². The zero-order valence-corrected chi connectivity index (χ0v) is 11.6. The molecule has 0 aliphatic heterocycles. The average Bonchev–Trinajstić information content (AvgIpc) is 2.53. The van der Waals surface area contributed by atoms with Crippen LogP contribution in [-0.2, 0) is 9.53 Å². The lowest BCUT2D eigenvalue weighted by Crippen LogP contribution is -2.06. The molecule has 0 unspecified atom stereocenters. The summed E-state index contributed by atoms with van der Waals surface area (Å²) in [6.07, 6.45) is 2.80. The Morgan fingerprint density at radius 3 is 2.43 bits per heavy atom. The zero-order valence-electron chi connectivity index (χ0n) is 11.6. The number of ether oxygens (including phenoxy) is 1. The molecule has 0 aliphatic rings. The molecule has 0 fully saturated rings. The van der Waals surface area contributed by atoms with Crippen LogP contribution in [-0.4, -0.2) is 18.9 Å². The van der Waals surface area contributed by atoms with E-state index in [4.69, 9.17) is 5.73 Å². The number of carbonyl (C=O) groups excluding carboxylic acids is 2. The smallest absolute Gasteiger partial charge is 0.330 e. The molecule has 0 bridgehead atoms. The van der Waals surface area contributed by atoms with E-state index in [1.807, 2.05) is 6.07 Å². The molecular formula is C17H15NO3. The van der Waals surface area contributed by atoms with Crippen molar-refractivity contribution >= 4 is 23.5 Å². The van der Waals surface area contributed by atoms with Crippen LogP contribution in [0.5, 0.6) is 0 Å². The molecule has 21 heavy (non-hydrogen) atoms. The number of rotatable bonds is 4. The van der Waals surface area contributed by atoms with Crippen LogP contribution in [0.25, 0.3) is 6.08 Å². The van der Waals surface area contributed by atoms with Gasteiger partial charge in [-0.25, -0.2) is 4.79 Å². The van der Waals surface area contributed by atoms with Crippen molar-refractivity contribution in [2.45, 2.75) is 0 Å². The van der Waals surface area contributed by atoms with Crippen molar-refractivity contribution in [3.8, 4) is 0 Å². The van der Waals surface area contributed by atoms with Crippen molar-refractivity contribution in [1.29, 1.82) is 0 Å². The standard InChI is InChI=1S/C17H15NO3/c1-21-15(19)11-10-12-8-5-9-14(16(12)18)17(20)13-6-3-2-4-7-13/h2-11H,18H2,1H3/b11-10+. The number of benzene rings is 2. The van der Waals surface area contributed by atoms with E-state index in [9.17, 15) is 9.59 Å². The molecule has 0 heterocycles. The summed E-state index contributed by atoms with van der Waals surface area (Å²) in [7, 11) is 1.30. The second-order valence-corrected chi connectivity index (χ2v) is 4.36. The van der Waals surface area contributed by atoms with Crippen LogP contribution < -0.4 is 5.73 Å². The Hall–Kier alpha value is -2.88. The van der Waals surface area contributed by atoms with Gasteiger partial charge in [0, 0.05) is 17.2 Å². The molecule has 0 aromatic heterocycles. The number of hydrogen-bond acceptors (Lipinski definition) is 4. The van der Waals surface area contributed by atoms with Crippen molar-refractivity contribution in [2.75, 3.05) is 12.8 Å². The third kappa shape index (κ3) is 3.36. The summed E-state index contributed by atoms with van der Waals surface area (Å²) in [5, 5.41) is 0. The highest BCUT2D eigenvalue weighted by molar-refractivity contribution is 6.12. The van der Waals surface area contributed by atoms with Crippen molar-refractivity contribution in [3.63, 3.8) is 0 Å². The molecule has 0 radical (unpaired) electrons. The molecular weight excluding hydrogens is 266 g/mol. The first kappa shape index (κ1) is 14.5. The van der Waals surface area contributed by atoms with Gasteiger partial charge in [0.2, 0.25) is 0 Å². The molecule has 4 nitrogen and oxygen atoms in total. The van der Waals surface area contributed by atoms with Crippen molar-refractivity contribution in [3.05, 3.63) is 71.3 Å². The van der Waals surface area contributed by atoms with Crippen LogP contribution in [0.4, 0.5) is 5.69 Å². The van der Waals surface area contributed by atoms with Gasteiger partial charge in [-0.05, 0) is 17.7 Å². The first-order chi connectivity index (χ1) is 10.1. The highest BCUT2D eigenvalue weighted by atomic mass is 16.5. The van der Waals surface area contributed by atoms with Crippen LogP contribution in [0.15, 0.2) is 54.6 Å². The van der Waals surface area contributed by atoms with Crippen molar-refractivity contribution in [2.24, 2.45) is 0 Å². The fourth-order valence-electron chi connectivity index (χ4n) is 1.90. The average molecular weight is 281 g/mol. The maximum absolute atomic E-state index is 12.4. The molecule has 0 saturated heterocycles. The predicted molar refractivity (Wildman–Crippen MR) is 81.8 cm³/mol. The number of nitrogens with two attached hydrogens (primary N) is 1. The molecule has 0 atom stereocenters. The Morgan fingerprint density at radius 1 is 1.05 bits per heavy atom. The molecule has 106 valence electrons. The van der Waals surface area contributed by atoms with Gasteiger partial charge in [-0.1, -0.05) is 42.5 Å². The first-order valence-corrected chi connectivity index (χ1v) is 6.37. The van der Waals surface area contributed by atoms with Gasteiger partial charge >= 0.3 is 5.97 Å². The lowest BCUT2D eigenvalue weighted by atomic mass is 9.99. The number of methoxy groups -OCH3 is 1. The monoisotopic (exact) mass is 281 g/mol.